The molecule has 0 aliphatic carbocycles. The molecule has 0 amide bonds. The third kappa shape index (κ3) is 3.72. The van der Waals surface area contributed by atoms with E-state index in [1.54, 1.807) is 0 Å². The van der Waals surface area contributed by atoms with Crippen LogP contribution in [0.2, 0.25) is 0 Å². The first-order valence-electron chi connectivity index (χ1n) is 8.58. The molecule has 6 nitrogen and oxygen atoms in total. The van der Waals surface area contributed by atoms with Crippen molar-refractivity contribution in [3.8, 4) is 0 Å². The second kappa shape index (κ2) is 5.93. The maximum atomic E-state index is 6.35. The van der Waals surface area contributed by atoms with E-state index in [-0.39, 0.29) is 24.2 Å². The van der Waals surface area contributed by atoms with Gasteiger partial charge in [-0.25, -0.2) is 0 Å². The molecular weight excluding hydrogens is 300 g/mol. The summed E-state index contributed by atoms with van der Waals surface area (Å²) in [5.41, 5.74) is 0. The summed E-state index contributed by atoms with van der Waals surface area (Å²) in [5.74, 6) is -1.64. The van der Waals surface area contributed by atoms with Gasteiger partial charge in [0.25, 0.3) is 0 Å². The number of hydrogen-bond acceptors (Lipinski definition) is 6. The van der Waals surface area contributed by atoms with Crippen molar-refractivity contribution in [3.05, 3.63) is 0 Å². The maximum absolute atomic E-state index is 6.35. The highest BCUT2D eigenvalue weighted by Crippen LogP contribution is 2.43. The average Bonchev–Trinajstić information content (AvgIpc) is 2.78. The monoisotopic (exact) mass is 330 g/mol. The van der Waals surface area contributed by atoms with Gasteiger partial charge in [-0.1, -0.05) is 0 Å². The Hall–Kier alpha value is -0.240. The first-order valence-corrected chi connectivity index (χ1v) is 8.58. The molecule has 0 radical (unpaired) electrons. The molecule has 3 rings (SSSR count). The zero-order valence-electron chi connectivity index (χ0n) is 15.1. The highest BCUT2D eigenvalue weighted by atomic mass is 16.8. The van der Waals surface area contributed by atoms with Crippen molar-refractivity contribution in [2.45, 2.75) is 83.6 Å². The van der Waals surface area contributed by atoms with Gasteiger partial charge in [-0.3, -0.25) is 0 Å². The molecule has 0 N–H and O–H groups in total. The first kappa shape index (κ1) is 17.6. The molecule has 5 atom stereocenters. The molecule has 3 aliphatic heterocycles. The second-order valence-electron chi connectivity index (χ2n) is 7.77. The van der Waals surface area contributed by atoms with Crippen LogP contribution in [0.3, 0.4) is 0 Å². The largest absolute Gasteiger partial charge is 0.350 e. The van der Waals surface area contributed by atoms with Gasteiger partial charge in [0, 0.05) is 18.9 Å². The molecule has 0 saturated carbocycles. The first-order chi connectivity index (χ1) is 10.6. The van der Waals surface area contributed by atoms with Gasteiger partial charge in [0.05, 0.1) is 19.3 Å². The van der Waals surface area contributed by atoms with E-state index in [2.05, 4.69) is 0 Å². The Kier molecular flexibility index (Phi) is 4.53. The number of fused-ring (bicyclic) bond motifs is 1. The van der Waals surface area contributed by atoms with Crippen LogP contribution in [0.5, 0.6) is 0 Å². The molecule has 3 fully saturated rings. The summed E-state index contributed by atoms with van der Waals surface area (Å²) in [6.45, 7) is 13.4. The van der Waals surface area contributed by atoms with Crippen LogP contribution in [0.15, 0.2) is 0 Å². The van der Waals surface area contributed by atoms with Gasteiger partial charge in [0.15, 0.2) is 17.4 Å². The number of hydrogen-bond donors (Lipinski definition) is 0. The molecule has 6 heteroatoms. The Bertz CT molecular complexity index is 437. The van der Waals surface area contributed by atoms with Crippen LogP contribution < -0.4 is 0 Å². The van der Waals surface area contributed by atoms with Crippen LogP contribution in [0.4, 0.5) is 0 Å². The van der Waals surface area contributed by atoms with Gasteiger partial charge < -0.3 is 28.4 Å². The molecule has 23 heavy (non-hydrogen) atoms. The number of ether oxygens (including phenoxy) is 6. The van der Waals surface area contributed by atoms with Gasteiger partial charge in [-0.15, -0.1) is 0 Å². The topological polar surface area (TPSA) is 55.4 Å². The lowest BCUT2D eigenvalue weighted by molar-refractivity contribution is -0.382. The van der Waals surface area contributed by atoms with Crippen molar-refractivity contribution >= 4 is 0 Å². The molecule has 0 aromatic rings. The number of rotatable bonds is 3. The predicted octanol–water partition coefficient (Wildman–Crippen LogP) is 2.45. The normalized spacial score (nSPS) is 45.7. The van der Waals surface area contributed by atoms with E-state index in [4.69, 9.17) is 28.4 Å². The van der Waals surface area contributed by atoms with Crippen LogP contribution in [0, 0.1) is 5.92 Å². The Balaban J connectivity index is 1.82. The van der Waals surface area contributed by atoms with Gasteiger partial charge in [-0.2, -0.15) is 0 Å². The van der Waals surface area contributed by atoms with Crippen molar-refractivity contribution in [2.75, 3.05) is 19.8 Å². The highest BCUT2D eigenvalue weighted by molar-refractivity contribution is 4.97. The lowest BCUT2D eigenvalue weighted by Crippen LogP contribution is -2.62. The fourth-order valence-corrected chi connectivity index (χ4v) is 3.81. The third-order valence-corrected chi connectivity index (χ3v) is 4.72. The molecule has 0 aromatic carbocycles. The van der Waals surface area contributed by atoms with Crippen molar-refractivity contribution in [1.29, 1.82) is 0 Å². The lowest BCUT2D eigenvalue weighted by Gasteiger charge is -2.52. The van der Waals surface area contributed by atoms with E-state index in [0.29, 0.717) is 19.8 Å². The SMILES string of the molecule is CCO[C@]1(C)CC2COC(C)(C)O[C@H]2C([C@H]2COC(C)(C)O2)O1. The highest BCUT2D eigenvalue weighted by Gasteiger charge is 2.55. The Morgan fingerprint density at radius 1 is 0.870 bits per heavy atom. The zero-order valence-corrected chi connectivity index (χ0v) is 15.1. The molecule has 0 bridgehead atoms. The van der Waals surface area contributed by atoms with Crippen LogP contribution in [-0.4, -0.2) is 55.5 Å². The maximum Gasteiger partial charge on any atom is 0.166 e. The molecule has 0 spiro atoms. The van der Waals surface area contributed by atoms with E-state index in [0.717, 1.165) is 6.42 Å². The molecule has 3 aliphatic rings. The fourth-order valence-electron chi connectivity index (χ4n) is 3.81. The summed E-state index contributed by atoms with van der Waals surface area (Å²) < 4.78 is 36.1. The summed E-state index contributed by atoms with van der Waals surface area (Å²) in [7, 11) is 0. The molecule has 3 heterocycles. The van der Waals surface area contributed by atoms with Crippen LogP contribution in [0.25, 0.3) is 0 Å². The van der Waals surface area contributed by atoms with E-state index < -0.39 is 17.4 Å². The minimum atomic E-state index is -0.648. The standard InChI is InChI=1S/C17H30O6/c1-7-18-17(6)8-11-9-19-16(4,5)22-13(11)14(23-17)12-10-20-15(2,3)21-12/h11-14H,7-10H2,1-6H3/t11?,12-,13-,14?,17+/m1/s1. The molecule has 134 valence electrons. The van der Waals surface area contributed by atoms with Gasteiger partial charge >= 0.3 is 0 Å². The molecule has 3 saturated heterocycles. The predicted molar refractivity (Wildman–Crippen MR) is 82.8 cm³/mol. The Morgan fingerprint density at radius 2 is 1.52 bits per heavy atom. The molecule has 0 aromatic heterocycles. The summed E-state index contributed by atoms with van der Waals surface area (Å²) >= 11 is 0. The van der Waals surface area contributed by atoms with Crippen LogP contribution in [0.1, 0.15) is 48.0 Å². The molecule has 2 unspecified atom stereocenters. The minimum Gasteiger partial charge on any atom is -0.350 e. The quantitative estimate of drug-likeness (QED) is 0.792. The van der Waals surface area contributed by atoms with E-state index in [9.17, 15) is 0 Å². The van der Waals surface area contributed by atoms with Gasteiger partial charge in [0.1, 0.15) is 12.2 Å². The van der Waals surface area contributed by atoms with Gasteiger partial charge in [-0.05, 0) is 41.5 Å². The van der Waals surface area contributed by atoms with E-state index >= 15 is 0 Å². The van der Waals surface area contributed by atoms with Crippen molar-refractivity contribution in [3.63, 3.8) is 0 Å². The summed E-state index contributed by atoms with van der Waals surface area (Å²) in [4.78, 5) is 0. The average molecular weight is 330 g/mol. The van der Waals surface area contributed by atoms with Crippen molar-refractivity contribution in [1.82, 2.24) is 0 Å². The van der Waals surface area contributed by atoms with Crippen LogP contribution in [-0.2, 0) is 28.4 Å². The Labute approximate surface area is 138 Å². The lowest BCUT2D eigenvalue weighted by atomic mass is 9.84. The minimum absolute atomic E-state index is 0.0882. The van der Waals surface area contributed by atoms with Gasteiger partial charge in [0.2, 0.25) is 0 Å². The fraction of sp³-hybridized carbons (Fsp3) is 1.00. The van der Waals surface area contributed by atoms with Crippen molar-refractivity contribution < 1.29 is 28.4 Å². The smallest absolute Gasteiger partial charge is 0.166 e. The molecular formula is C17H30O6. The summed E-state index contributed by atoms with van der Waals surface area (Å²) in [5, 5.41) is 0. The third-order valence-electron chi connectivity index (χ3n) is 4.72. The van der Waals surface area contributed by atoms with Crippen molar-refractivity contribution in [2.24, 2.45) is 5.92 Å². The second-order valence-corrected chi connectivity index (χ2v) is 7.77. The van der Waals surface area contributed by atoms with Crippen LogP contribution >= 0.6 is 0 Å². The summed E-state index contributed by atoms with van der Waals surface area (Å²) in [6.07, 6.45) is 0.242. The van der Waals surface area contributed by atoms with E-state index in [1.165, 1.54) is 0 Å². The summed E-state index contributed by atoms with van der Waals surface area (Å²) in [6, 6.07) is 0. The Morgan fingerprint density at radius 3 is 2.13 bits per heavy atom. The zero-order chi connectivity index (χ0) is 16.9. The van der Waals surface area contributed by atoms with E-state index in [1.807, 2.05) is 41.5 Å².